The van der Waals surface area contributed by atoms with E-state index in [1.807, 2.05) is 12.3 Å². The van der Waals surface area contributed by atoms with Crippen LogP contribution in [0.5, 0.6) is 0 Å². The van der Waals surface area contributed by atoms with Crippen molar-refractivity contribution in [1.82, 2.24) is 0 Å². The summed E-state index contributed by atoms with van der Waals surface area (Å²) in [5, 5.41) is 0. The van der Waals surface area contributed by atoms with Crippen molar-refractivity contribution in [3.05, 3.63) is 29.1 Å². The number of hydrogen-bond acceptors (Lipinski definition) is 1. The van der Waals surface area contributed by atoms with Crippen LogP contribution in [-0.2, 0) is 12.8 Å². The van der Waals surface area contributed by atoms with Crippen LogP contribution in [0.15, 0.2) is 17.0 Å². The summed E-state index contributed by atoms with van der Waals surface area (Å²) in [6.07, 6.45) is 5.15. The lowest BCUT2D eigenvalue weighted by Crippen LogP contribution is -1.90. The van der Waals surface area contributed by atoms with Gasteiger partial charge in [0.25, 0.3) is 0 Å². The second-order valence-electron chi connectivity index (χ2n) is 3.06. The molecule has 0 aliphatic heterocycles. The molecule has 2 heteroatoms. The fourth-order valence-corrected chi connectivity index (χ4v) is 2.50. The fourth-order valence-electron chi connectivity index (χ4n) is 1.82. The molecule has 0 nitrogen and oxygen atoms in total. The number of fused-ring (bicyclic) bond motifs is 1. The fraction of sp³-hybridized carbons (Fsp3) is 0.400. The maximum atomic E-state index is 13.2. The monoisotopic (exact) mass is 182 g/mol. The van der Waals surface area contributed by atoms with E-state index in [4.69, 9.17) is 0 Å². The van der Waals surface area contributed by atoms with Gasteiger partial charge in [0.05, 0.1) is 0 Å². The molecule has 0 fully saturated rings. The van der Waals surface area contributed by atoms with Crippen LogP contribution < -0.4 is 0 Å². The highest BCUT2D eigenvalue weighted by atomic mass is 32.2. The van der Waals surface area contributed by atoms with Gasteiger partial charge >= 0.3 is 0 Å². The molecule has 1 aliphatic rings. The summed E-state index contributed by atoms with van der Waals surface area (Å²) in [6, 6.07) is 3.49. The van der Waals surface area contributed by atoms with E-state index in [2.05, 4.69) is 0 Å². The molecule has 0 unspecified atom stereocenters. The minimum atomic E-state index is -0.0136. The zero-order chi connectivity index (χ0) is 8.55. The largest absolute Gasteiger partial charge is 0.207 e. The lowest BCUT2D eigenvalue weighted by molar-refractivity contribution is 0.611. The van der Waals surface area contributed by atoms with Crippen molar-refractivity contribution >= 4 is 11.8 Å². The molecule has 0 saturated heterocycles. The van der Waals surface area contributed by atoms with E-state index >= 15 is 0 Å². The Hall–Kier alpha value is -0.500. The first-order chi connectivity index (χ1) is 5.83. The quantitative estimate of drug-likeness (QED) is 0.601. The average Bonchev–Trinajstić information content (AvgIpc) is 2.54. The number of thioether (sulfide) groups is 1. The van der Waals surface area contributed by atoms with Crippen LogP contribution in [0.1, 0.15) is 17.5 Å². The first-order valence-corrected chi connectivity index (χ1v) is 5.39. The molecule has 64 valence electrons. The topological polar surface area (TPSA) is 0 Å². The van der Waals surface area contributed by atoms with Crippen LogP contribution in [0.2, 0.25) is 0 Å². The molecule has 0 amide bonds. The molecular formula is C10H11FS. The van der Waals surface area contributed by atoms with Crippen molar-refractivity contribution < 1.29 is 4.39 Å². The zero-order valence-electron chi connectivity index (χ0n) is 7.06. The standard InChI is InChI=1S/C10H11FS/c1-12-10-6-5-9(11)7-3-2-4-8(7)10/h5-6H,2-4H2,1H3. The number of rotatable bonds is 1. The molecule has 1 aromatic rings. The van der Waals surface area contributed by atoms with E-state index in [-0.39, 0.29) is 5.82 Å². The van der Waals surface area contributed by atoms with Gasteiger partial charge in [-0.1, -0.05) is 0 Å². The molecule has 0 aromatic heterocycles. The Kier molecular flexibility index (Phi) is 2.09. The highest BCUT2D eigenvalue weighted by Gasteiger charge is 2.17. The van der Waals surface area contributed by atoms with E-state index in [1.165, 1.54) is 10.5 Å². The van der Waals surface area contributed by atoms with Crippen LogP contribution in [0.25, 0.3) is 0 Å². The Morgan fingerprint density at radius 2 is 2.00 bits per heavy atom. The zero-order valence-corrected chi connectivity index (χ0v) is 7.88. The normalized spacial score (nSPS) is 14.8. The van der Waals surface area contributed by atoms with Crippen molar-refractivity contribution in [3.63, 3.8) is 0 Å². The third-order valence-electron chi connectivity index (χ3n) is 2.40. The Balaban J connectivity index is 2.57. The van der Waals surface area contributed by atoms with Crippen LogP contribution in [0.4, 0.5) is 4.39 Å². The number of halogens is 1. The van der Waals surface area contributed by atoms with Crippen LogP contribution in [0, 0.1) is 5.82 Å². The number of benzene rings is 1. The molecule has 2 rings (SSSR count). The summed E-state index contributed by atoms with van der Waals surface area (Å²) in [5.41, 5.74) is 2.21. The third-order valence-corrected chi connectivity index (χ3v) is 3.23. The Morgan fingerprint density at radius 1 is 1.25 bits per heavy atom. The smallest absolute Gasteiger partial charge is 0.126 e. The SMILES string of the molecule is CSc1ccc(F)c2c1CCC2. The van der Waals surface area contributed by atoms with Gasteiger partial charge in [-0.3, -0.25) is 0 Å². The van der Waals surface area contributed by atoms with Crippen LogP contribution in [-0.4, -0.2) is 6.26 Å². The van der Waals surface area contributed by atoms with Gasteiger partial charge in [-0.25, -0.2) is 4.39 Å². The maximum Gasteiger partial charge on any atom is 0.126 e. The van der Waals surface area contributed by atoms with Crippen LogP contribution >= 0.6 is 11.8 Å². The minimum absolute atomic E-state index is 0.0136. The molecule has 0 bridgehead atoms. The summed E-state index contributed by atoms with van der Waals surface area (Å²) in [5.74, 6) is -0.0136. The van der Waals surface area contributed by atoms with E-state index in [9.17, 15) is 4.39 Å². The predicted octanol–water partition coefficient (Wildman–Crippen LogP) is 3.04. The van der Waals surface area contributed by atoms with Gasteiger partial charge in [0, 0.05) is 4.90 Å². The van der Waals surface area contributed by atoms with Crippen molar-refractivity contribution in [2.75, 3.05) is 6.26 Å². The van der Waals surface area contributed by atoms with Crippen molar-refractivity contribution in [2.45, 2.75) is 24.2 Å². The first-order valence-electron chi connectivity index (χ1n) is 4.17. The lowest BCUT2D eigenvalue weighted by Gasteiger charge is -2.05. The highest BCUT2D eigenvalue weighted by molar-refractivity contribution is 7.98. The summed E-state index contributed by atoms with van der Waals surface area (Å²) in [7, 11) is 0. The van der Waals surface area contributed by atoms with E-state index in [0.717, 1.165) is 24.8 Å². The summed E-state index contributed by atoms with van der Waals surface area (Å²) < 4.78 is 13.2. The second kappa shape index (κ2) is 3.09. The van der Waals surface area contributed by atoms with Gasteiger partial charge in [0.1, 0.15) is 5.82 Å². The molecule has 1 aliphatic carbocycles. The predicted molar refractivity (Wildman–Crippen MR) is 50.2 cm³/mol. The van der Waals surface area contributed by atoms with E-state index in [0.29, 0.717) is 0 Å². The molecule has 0 saturated carbocycles. The van der Waals surface area contributed by atoms with E-state index in [1.54, 1.807) is 17.8 Å². The van der Waals surface area contributed by atoms with Gasteiger partial charge in [-0.2, -0.15) is 0 Å². The Labute approximate surface area is 76.2 Å². The first kappa shape index (κ1) is 8.11. The van der Waals surface area contributed by atoms with Gasteiger partial charge in [0.15, 0.2) is 0 Å². The molecule has 0 N–H and O–H groups in total. The minimum Gasteiger partial charge on any atom is -0.207 e. The van der Waals surface area contributed by atoms with Crippen molar-refractivity contribution in [3.8, 4) is 0 Å². The summed E-state index contributed by atoms with van der Waals surface area (Å²) in [6.45, 7) is 0. The highest BCUT2D eigenvalue weighted by Crippen LogP contribution is 2.32. The summed E-state index contributed by atoms with van der Waals surface area (Å²) in [4.78, 5) is 1.25. The molecule has 12 heavy (non-hydrogen) atoms. The summed E-state index contributed by atoms with van der Waals surface area (Å²) >= 11 is 1.72. The molecule has 0 radical (unpaired) electrons. The third kappa shape index (κ3) is 1.14. The van der Waals surface area contributed by atoms with Gasteiger partial charge in [-0.15, -0.1) is 11.8 Å². The van der Waals surface area contributed by atoms with Gasteiger partial charge < -0.3 is 0 Å². The van der Waals surface area contributed by atoms with Crippen molar-refractivity contribution in [2.24, 2.45) is 0 Å². The lowest BCUT2D eigenvalue weighted by atomic mass is 10.1. The maximum absolute atomic E-state index is 13.2. The van der Waals surface area contributed by atoms with E-state index < -0.39 is 0 Å². The molecule has 1 aromatic carbocycles. The molecular weight excluding hydrogens is 171 g/mol. The van der Waals surface area contributed by atoms with Crippen molar-refractivity contribution in [1.29, 1.82) is 0 Å². The molecule has 0 atom stereocenters. The number of hydrogen-bond donors (Lipinski definition) is 0. The van der Waals surface area contributed by atoms with Crippen LogP contribution in [0.3, 0.4) is 0 Å². The average molecular weight is 182 g/mol. The van der Waals surface area contributed by atoms with Gasteiger partial charge in [0.2, 0.25) is 0 Å². The Morgan fingerprint density at radius 3 is 2.75 bits per heavy atom. The van der Waals surface area contributed by atoms with Gasteiger partial charge in [-0.05, 0) is 48.8 Å². The molecule has 0 heterocycles. The Bertz CT molecular complexity index is 307. The molecule has 0 spiro atoms. The second-order valence-corrected chi connectivity index (χ2v) is 3.91.